The number of carbonyl (C=O) groups excluding carboxylic acids is 1. The quantitative estimate of drug-likeness (QED) is 0.373. The number of nitrogen functional groups attached to an aromatic ring is 1. The average Bonchev–Trinajstić information content (AvgIpc) is 3.20. The van der Waals surface area contributed by atoms with Gasteiger partial charge in [0.05, 0.1) is 5.69 Å². The van der Waals surface area contributed by atoms with Gasteiger partial charge in [-0.15, -0.1) is 11.3 Å². The van der Waals surface area contributed by atoms with Crippen LogP contribution in [0.5, 0.6) is 0 Å². The average molecular weight is 486 g/mol. The molecule has 4 N–H and O–H groups in total. The first-order valence-electron chi connectivity index (χ1n) is 12.1. The van der Waals surface area contributed by atoms with Crippen molar-refractivity contribution in [2.24, 2.45) is 0 Å². The number of amides is 1. The Morgan fingerprint density at radius 1 is 1.09 bits per heavy atom. The fourth-order valence-electron chi connectivity index (χ4n) is 4.67. The number of nitrogens with one attached hydrogen (secondary N) is 2. The molecule has 7 heteroatoms. The highest BCUT2D eigenvalue weighted by Gasteiger charge is 2.19. The molecule has 5 rings (SSSR count). The molecule has 180 valence electrons. The van der Waals surface area contributed by atoms with E-state index >= 15 is 0 Å². The molecule has 1 fully saturated rings. The zero-order valence-electron chi connectivity index (χ0n) is 20.2. The normalized spacial score (nSPS) is 13.8. The number of piperazine rings is 1. The minimum Gasteiger partial charge on any atom is -0.397 e. The molecule has 1 amide bonds. The van der Waals surface area contributed by atoms with Crippen molar-refractivity contribution in [1.29, 1.82) is 0 Å². The van der Waals surface area contributed by atoms with Gasteiger partial charge in [0.1, 0.15) is 9.71 Å². The smallest absolute Gasteiger partial charge is 0.263 e. The number of hydrogen-bond acceptors (Lipinski definition) is 6. The van der Waals surface area contributed by atoms with Crippen LogP contribution in [-0.2, 0) is 6.42 Å². The van der Waals surface area contributed by atoms with E-state index in [1.165, 1.54) is 39.3 Å². The number of thiophene rings is 1. The summed E-state index contributed by atoms with van der Waals surface area (Å²) in [6.45, 7) is 8.63. The Morgan fingerprint density at radius 3 is 2.69 bits per heavy atom. The summed E-state index contributed by atoms with van der Waals surface area (Å²) in [5.41, 5.74) is 13.9. The van der Waals surface area contributed by atoms with Gasteiger partial charge in [-0.05, 0) is 61.2 Å². The van der Waals surface area contributed by atoms with E-state index in [9.17, 15) is 4.79 Å². The molecule has 2 aromatic carbocycles. The van der Waals surface area contributed by atoms with E-state index in [-0.39, 0.29) is 5.91 Å². The van der Waals surface area contributed by atoms with Gasteiger partial charge >= 0.3 is 0 Å². The van der Waals surface area contributed by atoms with Crippen molar-refractivity contribution < 1.29 is 4.79 Å². The topological polar surface area (TPSA) is 83.3 Å². The molecule has 0 aliphatic carbocycles. The highest BCUT2D eigenvalue weighted by Crippen LogP contribution is 2.35. The minimum absolute atomic E-state index is 0.139. The summed E-state index contributed by atoms with van der Waals surface area (Å²) in [4.78, 5) is 21.2. The third kappa shape index (κ3) is 4.88. The molecule has 1 saturated heterocycles. The Balaban J connectivity index is 1.34. The van der Waals surface area contributed by atoms with Gasteiger partial charge in [0.25, 0.3) is 5.91 Å². The number of aromatic nitrogens is 1. The molecule has 35 heavy (non-hydrogen) atoms. The number of fused-ring (bicyclic) bond motifs is 1. The van der Waals surface area contributed by atoms with Crippen LogP contribution in [0.25, 0.3) is 21.3 Å². The van der Waals surface area contributed by atoms with Gasteiger partial charge < -0.3 is 21.3 Å². The summed E-state index contributed by atoms with van der Waals surface area (Å²) in [5, 5.41) is 7.34. The lowest BCUT2D eigenvalue weighted by molar-refractivity contribution is 0.0959. The molecule has 2 aromatic heterocycles. The van der Waals surface area contributed by atoms with Crippen LogP contribution in [0.15, 0.2) is 54.6 Å². The van der Waals surface area contributed by atoms with Crippen LogP contribution >= 0.6 is 11.3 Å². The van der Waals surface area contributed by atoms with Crippen molar-refractivity contribution in [1.82, 2.24) is 15.6 Å². The fourth-order valence-corrected chi connectivity index (χ4v) is 5.73. The standard InChI is InChI=1S/C28H31N5OS/c1-18-5-3-4-6-21(18)23-17-20(8-10-24(23)33-15-13-30-14-16-33)11-12-31-27(34)26-25(29)22-9-7-19(2)32-28(22)35-26/h3-10,17,30H,11-16,29H2,1-2H3,(H,31,34). The zero-order chi connectivity index (χ0) is 24.4. The van der Waals surface area contributed by atoms with E-state index < -0.39 is 0 Å². The Morgan fingerprint density at radius 2 is 1.89 bits per heavy atom. The van der Waals surface area contributed by atoms with E-state index in [2.05, 4.69) is 69.9 Å². The Kier molecular flexibility index (Phi) is 6.70. The number of nitrogens with two attached hydrogens (primary N) is 1. The zero-order valence-corrected chi connectivity index (χ0v) is 21.0. The summed E-state index contributed by atoms with van der Waals surface area (Å²) < 4.78 is 0. The number of pyridine rings is 1. The molecule has 0 atom stereocenters. The van der Waals surface area contributed by atoms with E-state index in [1.54, 1.807) is 0 Å². The van der Waals surface area contributed by atoms with Crippen molar-refractivity contribution in [2.75, 3.05) is 43.4 Å². The van der Waals surface area contributed by atoms with Crippen LogP contribution in [0.4, 0.5) is 11.4 Å². The van der Waals surface area contributed by atoms with Gasteiger partial charge in [0, 0.05) is 55.1 Å². The van der Waals surface area contributed by atoms with Crippen LogP contribution in [0.1, 0.15) is 26.5 Å². The molecule has 0 bridgehead atoms. The maximum Gasteiger partial charge on any atom is 0.263 e. The largest absolute Gasteiger partial charge is 0.397 e. The molecule has 4 aromatic rings. The lowest BCUT2D eigenvalue weighted by atomic mass is 9.95. The lowest BCUT2D eigenvalue weighted by Gasteiger charge is -2.31. The summed E-state index contributed by atoms with van der Waals surface area (Å²) >= 11 is 1.35. The van der Waals surface area contributed by atoms with Gasteiger partial charge in [-0.3, -0.25) is 4.79 Å². The van der Waals surface area contributed by atoms with Crippen LogP contribution in [0, 0.1) is 13.8 Å². The first-order valence-corrected chi connectivity index (χ1v) is 12.9. The molecular formula is C28H31N5OS. The van der Waals surface area contributed by atoms with E-state index in [0.717, 1.165) is 48.5 Å². The molecule has 0 radical (unpaired) electrons. The van der Waals surface area contributed by atoms with Crippen molar-refractivity contribution in [3.05, 3.63) is 76.3 Å². The monoisotopic (exact) mass is 485 g/mol. The van der Waals surface area contributed by atoms with E-state index in [4.69, 9.17) is 5.73 Å². The first kappa shape index (κ1) is 23.3. The van der Waals surface area contributed by atoms with Gasteiger partial charge in [-0.25, -0.2) is 4.98 Å². The molecule has 6 nitrogen and oxygen atoms in total. The van der Waals surface area contributed by atoms with Gasteiger partial charge in [-0.1, -0.05) is 30.3 Å². The number of hydrogen-bond donors (Lipinski definition) is 3. The Hall–Kier alpha value is -3.42. The van der Waals surface area contributed by atoms with Crippen LogP contribution in [-0.4, -0.2) is 43.6 Å². The predicted octanol–water partition coefficient (Wildman–Crippen LogP) is 4.54. The first-order chi connectivity index (χ1) is 17.0. The molecule has 0 unspecified atom stereocenters. The molecule has 1 aliphatic rings. The summed E-state index contributed by atoms with van der Waals surface area (Å²) in [6, 6.07) is 19.1. The van der Waals surface area contributed by atoms with E-state index in [1.807, 2.05) is 19.1 Å². The van der Waals surface area contributed by atoms with Crippen molar-refractivity contribution in [2.45, 2.75) is 20.3 Å². The summed E-state index contributed by atoms with van der Waals surface area (Å²) in [7, 11) is 0. The van der Waals surface area contributed by atoms with Crippen molar-refractivity contribution in [3.63, 3.8) is 0 Å². The van der Waals surface area contributed by atoms with E-state index in [0.29, 0.717) is 17.1 Å². The molecular weight excluding hydrogens is 454 g/mol. The van der Waals surface area contributed by atoms with Crippen LogP contribution in [0.2, 0.25) is 0 Å². The van der Waals surface area contributed by atoms with Crippen molar-refractivity contribution in [3.8, 4) is 11.1 Å². The molecule has 3 heterocycles. The maximum absolute atomic E-state index is 12.9. The second-order valence-electron chi connectivity index (χ2n) is 9.06. The highest BCUT2D eigenvalue weighted by molar-refractivity contribution is 7.21. The van der Waals surface area contributed by atoms with Gasteiger partial charge in [0.2, 0.25) is 0 Å². The summed E-state index contributed by atoms with van der Waals surface area (Å²) in [5.74, 6) is -0.139. The number of benzene rings is 2. The Bertz CT molecular complexity index is 1370. The van der Waals surface area contributed by atoms with Gasteiger partial charge in [0.15, 0.2) is 0 Å². The maximum atomic E-state index is 12.9. The Labute approximate surface area is 210 Å². The number of aryl methyl sites for hydroxylation is 2. The minimum atomic E-state index is -0.139. The SMILES string of the molecule is Cc1ccc2c(N)c(C(=O)NCCc3ccc(N4CCNCC4)c(-c4ccccc4C)c3)sc2n1. The fraction of sp³-hybridized carbons (Fsp3) is 0.286. The van der Waals surface area contributed by atoms with Crippen molar-refractivity contribution >= 4 is 38.8 Å². The lowest BCUT2D eigenvalue weighted by Crippen LogP contribution is -2.43. The third-order valence-corrected chi connectivity index (χ3v) is 7.71. The number of anilines is 2. The molecule has 1 aliphatic heterocycles. The highest BCUT2D eigenvalue weighted by atomic mass is 32.1. The number of rotatable bonds is 6. The van der Waals surface area contributed by atoms with Crippen LogP contribution < -0.4 is 21.3 Å². The van der Waals surface area contributed by atoms with Crippen LogP contribution in [0.3, 0.4) is 0 Å². The second-order valence-corrected chi connectivity index (χ2v) is 10.1. The molecule has 0 saturated carbocycles. The third-order valence-electron chi connectivity index (χ3n) is 6.59. The molecule has 0 spiro atoms. The number of carbonyl (C=O) groups is 1. The predicted molar refractivity (Wildman–Crippen MR) is 147 cm³/mol. The van der Waals surface area contributed by atoms with Gasteiger partial charge in [-0.2, -0.15) is 0 Å². The second kappa shape index (κ2) is 10.1. The number of nitrogens with zero attached hydrogens (tertiary/aromatic N) is 2. The summed E-state index contributed by atoms with van der Waals surface area (Å²) in [6.07, 6.45) is 0.745.